The molecule has 1 atom stereocenters. The lowest BCUT2D eigenvalue weighted by Crippen LogP contribution is -2.44. The van der Waals surface area contributed by atoms with Gasteiger partial charge in [-0.2, -0.15) is 13.2 Å². The molecule has 0 bridgehead atoms. The average molecular weight is 625 g/mol. The number of alkyl halides is 3. The molecule has 0 spiro atoms. The molecule has 0 radical (unpaired) electrons. The van der Waals surface area contributed by atoms with E-state index in [4.69, 9.17) is 33.0 Å². The first-order valence-corrected chi connectivity index (χ1v) is 14.3. The number of ether oxygens (including phenoxy) is 1. The third-order valence-electron chi connectivity index (χ3n) is 7.52. The van der Waals surface area contributed by atoms with Crippen molar-refractivity contribution in [1.82, 2.24) is 4.90 Å². The molecule has 0 aliphatic carbocycles. The van der Waals surface area contributed by atoms with Crippen LogP contribution < -0.4 is 4.74 Å². The summed E-state index contributed by atoms with van der Waals surface area (Å²) in [6.45, 7) is 2.99. The lowest BCUT2D eigenvalue weighted by molar-refractivity contribution is -0.175. The monoisotopic (exact) mass is 623 g/mol. The number of carboxylic acid groups (broad SMARTS) is 1. The van der Waals surface area contributed by atoms with Crippen molar-refractivity contribution in [3.05, 3.63) is 99.5 Å². The molecule has 3 aromatic carbocycles. The smallest absolute Gasteiger partial charge is 0.450 e. The fraction of sp³-hybridized carbons (Fsp3) is 0.375. The Labute approximate surface area is 254 Å². The molecule has 0 saturated heterocycles. The summed E-state index contributed by atoms with van der Waals surface area (Å²) < 4.78 is 45.5. The number of aliphatic carboxylic acids is 1. The number of hydrogen-bond acceptors (Lipinski definition) is 4. The first-order valence-electron chi connectivity index (χ1n) is 13.6. The SMILES string of the molecule is CN(CCOc1ccc(CC(CCCCC(=O)O)C(=O)C(F)(F)F)cc1)C(C)(c1ccc(Cl)cc1)c1ccc(Cl)cc1. The van der Waals surface area contributed by atoms with Gasteiger partial charge in [0.25, 0.3) is 0 Å². The Morgan fingerprint density at radius 1 is 0.881 bits per heavy atom. The fourth-order valence-electron chi connectivity index (χ4n) is 4.91. The molecule has 10 heteroatoms. The molecule has 5 nitrogen and oxygen atoms in total. The Morgan fingerprint density at radius 2 is 1.40 bits per heavy atom. The molecule has 42 heavy (non-hydrogen) atoms. The highest BCUT2D eigenvalue weighted by atomic mass is 35.5. The largest absolute Gasteiger partial charge is 0.492 e. The molecule has 0 aliphatic heterocycles. The lowest BCUT2D eigenvalue weighted by atomic mass is 9.83. The molecule has 0 saturated carbocycles. The minimum Gasteiger partial charge on any atom is -0.492 e. The van der Waals surface area contributed by atoms with Crippen molar-refractivity contribution >= 4 is 35.0 Å². The van der Waals surface area contributed by atoms with Crippen LogP contribution >= 0.6 is 23.2 Å². The molecule has 0 fully saturated rings. The predicted molar refractivity (Wildman–Crippen MR) is 158 cm³/mol. The number of Topliss-reactive ketones (excluding diaryl/α,β-unsaturated/α-hetero) is 1. The van der Waals surface area contributed by atoms with E-state index in [1.54, 1.807) is 24.3 Å². The zero-order chi connectivity index (χ0) is 30.9. The Balaban J connectivity index is 1.65. The van der Waals surface area contributed by atoms with Gasteiger partial charge in [-0.25, -0.2) is 0 Å². The molecule has 3 aromatic rings. The second-order valence-corrected chi connectivity index (χ2v) is 11.3. The number of unbranched alkanes of at least 4 members (excludes halogenated alkanes) is 1. The topological polar surface area (TPSA) is 66.8 Å². The van der Waals surface area contributed by atoms with Gasteiger partial charge in [0.15, 0.2) is 0 Å². The lowest BCUT2D eigenvalue weighted by Gasteiger charge is -2.40. The molecular formula is C32H34Cl2F3NO4. The maximum Gasteiger partial charge on any atom is 0.450 e. The minimum absolute atomic E-state index is 0.0315. The molecule has 0 aliphatic rings. The van der Waals surface area contributed by atoms with Crippen LogP contribution in [0.2, 0.25) is 10.0 Å². The first-order chi connectivity index (χ1) is 19.8. The van der Waals surface area contributed by atoms with Crippen LogP contribution in [0.1, 0.15) is 49.3 Å². The summed E-state index contributed by atoms with van der Waals surface area (Å²) in [5, 5.41) is 10.0. The van der Waals surface area contributed by atoms with E-state index in [0.717, 1.165) is 11.1 Å². The van der Waals surface area contributed by atoms with E-state index in [-0.39, 0.29) is 32.1 Å². The Kier molecular flexibility index (Phi) is 11.9. The number of ketones is 1. The van der Waals surface area contributed by atoms with Gasteiger partial charge >= 0.3 is 12.1 Å². The van der Waals surface area contributed by atoms with Crippen LogP contribution in [0.4, 0.5) is 13.2 Å². The number of hydrogen-bond donors (Lipinski definition) is 1. The number of carbonyl (C=O) groups excluding carboxylic acids is 1. The van der Waals surface area contributed by atoms with Gasteiger partial charge in [0.1, 0.15) is 12.4 Å². The molecule has 3 rings (SSSR count). The third kappa shape index (κ3) is 9.21. The Bertz CT molecular complexity index is 1270. The van der Waals surface area contributed by atoms with Crippen LogP contribution in [-0.2, 0) is 21.5 Å². The highest BCUT2D eigenvalue weighted by Crippen LogP contribution is 2.36. The van der Waals surface area contributed by atoms with E-state index in [1.807, 2.05) is 55.6 Å². The minimum atomic E-state index is -4.95. The van der Waals surface area contributed by atoms with Gasteiger partial charge in [-0.15, -0.1) is 0 Å². The second-order valence-electron chi connectivity index (χ2n) is 10.4. The maximum atomic E-state index is 13.2. The fourth-order valence-corrected chi connectivity index (χ4v) is 5.16. The number of halogens is 5. The summed E-state index contributed by atoms with van der Waals surface area (Å²) in [7, 11) is 1.99. The summed E-state index contributed by atoms with van der Waals surface area (Å²) in [5.74, 6) is -3.52. The molecule has 1 unspecified atom stereocenters. The van der Waals surface area contributed by atoms with Crippen molar-refractivity contribution in [2.45, 2.75) is 50.7 Å². The normalized spacial score (nSPS) is 12.8. The first kappa shape index (κ1) is 33.4. The van der Waals surface area contributed by atoms with Gasteiger partial charge in [-0.3, -0.25) is 14.5 Å². The summed E-state index contributed by atoms with van der Waals surface area (Å²) >= 11 is 12.3. The Hall–Kier alpha value is -3.07. The van der Waals surface area contributed by atoms with Crippen molar-refractivity contribution in [1.29, 1.82) is 0 Å². The highest BCUT2D eigenvalue weighted by Gasteiger charge is 2.42. The Morgan fingerprint density at radius 3 is 1.88 bits per heavy atom. The van der Waals surface area contributed by atoms with Crippen LogP contribution in [0, 0.1) is 5.92 Å². The molecular weight excluding hydrogens is 590 g/mol. The number of rotatable bonds is 15. The van der Waals surface area contributed by atoms with Crippen LogP contribution in [0.5, 0.6) is 5.75 Å². The van der Waals surface area contributed by atoms with Crippen molar-refractivity contribution in [3.63, 3.8) is 0 Å². The van der Waals surface area contributed by atoms with Crippen molar-refractivity contribution in [3.8, 4) is 5.75 Å². The maximum absolute atomic E-state index is 13.2. The predicted octanol–water partition coefficient (Wildman–Crippen LogP) is 8.20. The summed E-state index contributed by atoms with van der Waals surface area (Å²) in [6, 6.07) is 22.0. The number of likely N-dealkylation sites (N-methyl/N-ethyl adjacent to an activating group) is 1. The summed E-state index contributed by atoms with van der Waals surface area (Å²) in [6.07, 6.45) is -4.78. The number of nitrogens with zero attached hydrogens (tertiary/aromatic N) is 1. The van der Waals surface area contributed by atoms with Gasteiger partial charge in [0, 0.05) is 28.9 Å². The third-order valence-corrected chi connectivity index (χ3v) is 8.02. The standard InChI is InChI=1S/C32H34Cl2F3NO4/c1-31(24-9-13-26(33)14-10-24,25-11-15-27(34)16-12-25)38(2)19-20-42-28-17-7-22(8-18-28)21-23(30(41)32(35,36)37)5-3-4-6-29(39)40/h7-18,23H,3-6,19-21H2,1-2H3,(H,39,40). The average Bonchev–Trinajstić information content (AvgIpc) is 2.94. The van der Waals surface area contributed by atoms with E-state index in [1.165, 1.54) is 0 Å². The summed E-state index contributed by atoms with van der Waals surface area (Å²) in [5.41, 5.74) is 2.12. The van der Waals surface area contributed by atoms with Gasteiger partial charge in [-0.1, -0.05) is 66.0 Å². The van der Waals surface area contributed by atoms with Gasteiger partial charge in [0.2, 0.25) is 5.78 Å². The van der Waals surface area contributed by atoms with Crippen LogP contribution in [0.3, 0.4) is 0 Å². The van der Waals surface area contributed by atoms with Gasteiger partial charge < -0.3 is 9.84 Å². The van der Waals surface area contributed by atoms with Crippen molar-refractivity contribution in [2.24, 2.45) is 5.92 Å². The van der Waals surface area contributed by atoms with Crippen molar-refractivity contribution < 1.29 is 32.6 Å². The van der Waals surface area contributed by atoms with Crippen LogP contribution in [0.15, 0.2) is 72.8 Å². The molecule has 0 heterocycles. The van der Waals surface area contributed by atoms with E-state index in [0.29, 0.717) is 34.5 Å². The zero-order valence-electron chi connectivity index (χ0n) is 23.5. The second kappa shape index (κ2) is 14.9. The number of carboxylic acids is 1. The highest BCUT2D eigenvalue weighted by molar-refractivity contribution is 6.30. The van der Waals surface area contributed by atoms with Crippen LogP contribution in [-0.4, -0.2) is 48.1 Å². The molecule has 0 aromatic heterocycles. The molecule has 1 N–H and O–H groups in total. The van der Waals surface area contributed by atoms with Gasteiger partial charge in [-0.05, 0) is 86.3 Å². The summed E-state index contributed by atoms with van der Waals surface area (Å²) in [4.78, 5) is 24.9. The van der Waals surface area contributed by atoms with E-state index < -0.39 is 29.4 Å². The molecule has 226 valence electrons. The van der Waals surface area contributed by atoms with Crippen molar-refractivity contribution in [2.75, 3.05) is 20.2 Å². The van der Waals surface area contributed by atoms with E-state index in [2.05, 4.69) is 11.8 Å². The quantitative estimate of drug-likeness (QED) is 0.173. The van der Waals surface area contributed by atoms with E-state index in [9.17, 15) is 22.8 Å². The van der Waals surface area contributed by atoms with Crippen LogP contribution in [0.25, 0.3) is 0 Å². The molecule has 0 amide bonds. The number of benzene rings is 3. The van der Waals surface area contributed by atoms with Gasteiger partial charge in [0.05, 0.1) is 5.54 Å². The number of carbonyl (C=O) groups is 2. The zero-order valence-corrected chi connectivity index (χ0v) is 25.0. The van der Waals surface area contributed by atoms with E-state index >= 15 is 0 Å².